The van der Waals surface area contributed by atoms with Gasteiger partial charge in [-0.2, -0.15) is 0 Å². The number of para-hydroxylation sites is 1. The van der Waals surface area contributed by atoms with Gasteiger partial charge < -0.3 is 10.6 Å². The van der Waals surface area contributed by atoms with Crippen molar-refractivity contribution < 1.29 is 4.79 Å². The Labute approximate surface area is 118 Å². The fourth-order valence-corrected chi connectivity index (χ4v) is 2.71. The van der Waals surface area contributed by atoms with Crippen LogP contribution in [0.15, 0.2) is 42.6 Å². The van der Waals surface area contributed by atoms with Crippen molar-refractivity contribution in [3.05, 3.63) is 53.9 Å². The number of fused-ring (bicyclic) bond motifs is 1. The Morgan fingerprint density at radius 2 is 2.10 bits per heavy atom. The van der Waals surface area contributed by atoms with Gasteiger partial charge >= 0.3 is 0 Å². The second-order valence-corrected chi connectivity index (χ2v) is 5.13. The number of amides is 1. The Morgan fingerprint density at radius 3 is 2.90 bits per heavy atom. The van der Waals surface area contributed by atoms with Crippen molar-refractivity contribution in [2.24, 2.45) is 0 Å². The topological polar surface area (TPSA) is 59.2 Å². The van der Waals surface area contributed by atoms with Crippen LogP contribution in [0.1, 0.15) is 29.4 Å². The molecule has 3 rings (SSSR count). The van der Waals surface area contributed by atoms with E-state index in [1.807, 2.05) is 23.1 Å². The van der Waals surface area contributed by atoms with Gasteiger partial charge in [0, 0.05) is 17.9 Å². The minimum atomic E-state index is -0.122. The number of hydrogen-bond donors (Lipinski definition) is 1. The number of carbonyl (C=O) groups excluding carboxylic acids is 1. The summed E-state index contributed by atoms with van der Waals surface area (Å²) < 4.78 is 0. The summed E-state index contributed by atoms with van der Waals surface area (Å²) >= 11 is 0. The highest BCUT2D eigenvalue weighted by Gasteiger charge is 2.30. The smallest absolute Gasteiger partial charge is 0.279 e. The second-order valence-electron chi connectivity index (χ2n) is 5.13. The molecule has 102 valence electrons. The van der Waals surface area contributed by atoms with E-state index >= 15 is 0 Å². The normalized spacial score (nSPS) is 17.6. The van der Waals surface area contributed by atoms with Crippen molar-refractivity contribution in [2.45, 2.75) is 25.8 Å². The summed E-state index contributed by atoms with van der Waals surface area (Å²) in [5, 5.41) is 0. The SMILES string of the molecule is CC1CCc2ccccc2N1C(=O)c1ncccc1N. The summed E-state index contributed by atoms with van der Waals surface area (Å²) in [6, 6.07) is 11.6. The standard InChI is InChI=1S/C16H17N3O/c1-11-8-9-12-5-2-3-7-14(12)19(11)16(20)15-13(17)6-4-10-18-15/h2-7,10-11H,8-9,17H2,1H3. The van der Waals surface area contributed by atoms with Gasteiger partial charge in [0.1, 0.15) is 0 Å². The number of nitrogens with zero attached hydrogens (tertiary/aromatic N) is 2. The molecule has 20 heavy (non-hydrogen) atoms. The fourth-order valence-electron chi connectivity index (χ4n) is 2.71. The zero-order valence-corrected chi connectivity index (χ0v) is 11.4. The molecular formula is C16H17N3O. The second kappa shape index (κ2) is 4.96. The van der Waals surface area contributed by atoms with Crippen LogP contribution in [-0.4, -0.2) is 16.9 Å². The molecule has 1 atom stereocenters. The molecule has 2 heterocycles. The Kier molecular flexibility index (Phi) is 3.14. The van der Waals surface area contributed by atoms with Crippen LogP contribution in [0.3, 0.4) is 0 Å². The van der Waals surface area contributed by atoms with E-state index in [0.29, 0.717) is 11.4 Å². The van der Waals surface area contributed by atoms with Gasteiger partial charge in [0.2, 0.25) is 0 Å². The molecule has 0 bridgehead atoms. The number of anilines is 2. The maximum absolute atomic E-state index is 12.8. The largest absolute Gasteiger partial charge is 0.397 e. The molecule has 1 aliphatic heterocycles. The first-order valence-electron chi connectivity index (χ1n) is 6.80. The molecule has 0 saturated carbocycles. The first-order chi connectivity index (χ1) is 9.68. The molecule has 4 nitrogen and oxygen atoms in total. The van der Waals surface area contributed by atoms with E-state index < -0.39 is 0 Å². The number of pyridine rings is 1. The summed E-state index contributed by atoms with van der Waals surface area (Å²) in [6.07, 6.45) is 3.55. The first kappa shape index (κ1) is 12.7. The molecule has 1 unspecified atom stereocenters. The molecule has 1 aromatic carbocycles. The van der Waals surface area contributed by atoms with Crippen molar-refractivity contribution >= 4 is 17.3 Å². The van der Waals surface area contributed by atoms with Crippen molar-refractivity contribution in [1.29, 1.82) is 0 Å². The van der Waals surface area contributed by atoms with Crippen molar-refractivity contribution in [2.75, 3.05) is 10.6 Å². The number of carbonyl (C=O) groups is 1. The van der Waals surface area contributed by atoms with Crippen LogP contribution in [0.4, 0.5) is 11.4 Å². The van der Waals surface area contributed by atoms with Gasteiger partial charge in [0.25, 0.3) is 5.91 Å². The molecule has 0 spiro atoms. The third kappa shape index (κ3) is 2.03. The van der Waals surface area contributed by atoms with Crippen LogP contribution >= 0.6 is 0 Å². The minimum Gasteiger partial charge on any atom is -0.397 e. The van der Waals surface area contributed by atoms with Crippen molar-refractivity contribution in [3.63, 3.8) is 0 Å². The van der Waals surface area contributed by atoms with Crippen molar-refractivity contribution in [3.8, 4) is 0 Å². The minimum absolute atomic E-state index is 0.122. The van der Waals surface area contributed by atoms with Crippen LogP contribution in [-0.2, 0) is 6.42 Å². The fraction of sp³-hybridized carbons (Fsp3) is 0.250. The molecule has 0 radical (unpaired) electrons. The van der Waals surface area contributed by atoms with Crippen LogP contribution < -0.4 is 10.6 Å². The number of nitrogen functional groups attached to an aromatic ring is 1. The van der Waals surface area contributed by atoms with Gasteiger partial charge in [0.15, 0.2) is 5.69 Å². The van der Waals surface area contributed by atoms with Crippen LogP contribution in [0.25, 0.3) is 0 Å². The maximum atomic E-state index is 12.8. The van der Waals surface area contributed by atoms with Gasteiger partial charge in [-0.05, 0) is 43.5 Å². The molecule has 2 aromatic rings. The molecular weight excluding hydrogens is 250 g/mol. The number of aromatic nitrogens is 1. The van der Waals surface area contributed by atoms with E-state index in [4.69, 9.17) is 5.73 Å². The summed E-state index contributed by atoms with van der Waals surface area (Å²) in [7, 11) is 0. The lowest BCUT2D eigenvalue weighted by molar-refractivity contribution is 0.0971. The van der Waals surface area contributed by atoms with Crippen LogP contribution in [0.2, 0.25) is 0 Å². The van der Waals surface area contributed by atoms with Gasteiger partial charge in [-0.1, -0.05) is 18.2 Å². The van der Waals surface area contributed by atoms with E-state index in [-0.39, 0.29) is 11.9 Å². The lowest BCUT2D eigenvalue weighted by Gasteiger charge is -2.35. The highest BCUT2D eigenvalue weighted by atomic mass is 16.2. The number of hydrogen-bond acceptors (Lipinski definition) is 3. The van der Waals surface area contributed by atoms with E-state index in [1.54, 1.807) is 18.3 Å². The van der Waals surface area contributed by atoms with E-state index in [0.717, 1.165) is 18.5 Å². The van der Waals surface area contributed by atoms with Gasteiger partial charge in [-0.25, -0.2) is 4.98 Å². The molecule has 4 heteroatoms. The number of rotatable bonds is 1. The Bertz CT molecular complexity index is 654. The Balaban J connectivity index is 2.05. The average molecular weight is 267 g/mol. The first-order valence-corrected chi connectivity index (χ1v) is 6.80. The maximum Gasteiger partial charge on any atom is 0.279 e. The quantitative estimate of drug-likeness (QED) is 0.864. The van der Waals surface area contributed by atoms with E-state index in [2.05, 4.69) is 18.0 Å². The van der Waals surface area contributed by atoms with Gasteiger partial charge in [0.05, 0.1) is 5.69 Å². The molecule has 0 fully saturated rings. The van der Waals surface area contributed by atoms with E-state index in [1.165, 1.54) is 5.56 Å². The predicted molar refractivity (Wildman–Crippen MR) is 79.7 cm³/mol. The highest BCUT2D eigenvalue weighted by molar-refractivity contribution is 6.08. The zero-order chi connectivity index (χ0) is 14.1. The molecule has 1 aliphatic rings. The number of benzene rings is 1. The summed E-state index contributed by atoms with van der Waals surface area (Å²) in [4.78, 5) is 18.7. The van der Waals surface area contributed by atoms with Crippen LogP contribution in [0, 0.1) is 0 Å². The lowest BCUT2D eigenvalue weighted by atomic mass is 9.96. The molecule has 1 aromatic heterocycles. The van der Waals surface area contributed by atoms with Gasteiger partial charge in [-0.15, -0.1) is 0 Å². The predicted octanol–water partition coefficient (Wildman–Crippen LogP) is 2.65. The number of nitrogens with two attached hydrogens (primary N) is 1. The third-order valence-electron chi connectivity index (χ3n) is 3.78. The average Bonchev–Trinajstić information content (AvgIpc) is 2.47. The Morgan fingerprint density at radius 1 is 1.30 bits per heavy atom. The molecule has 1 amide bonds. The van der Waals surface area contributed by atoms with Gasteiger partial charge in [-0.3, -0.25) is 4.79 Å². The molecule has 0 saturated heterocycles. The third-order valence-corrected chi connectivity index (χ3v) is 3.78. The summed E-state index contributed by atoms with van der Waals surface area (Å²) in [5.41, 5.74) is 8.81. The summed E-state index contributed by atoms with van der Waals surface area (Å²) in [6.45, 7) is 2.06. The number of aryl methyl sites for hydroxylation is 1. The van der Waals surface area contributed by atoms with Crippen molar-refractivity contribution in [1.82, 2.24) is 4.98 Å². The Hall–Kier alpha value is -2.36. The van der Waals surface area contributed by atoms with E-state index in [9.17, 15) is 4.79 Å². The van der Waals surface area contributed by atoms with Crippen LogP contribution in [0.5, 0.6) is 0 Å². The highest BCUT2D eigenvalue weighted by Crippen LogP contribution is 2.32. The zero-order valence-electron chi connectivity index (χ0n) is 11.4. The molecule has 2 N–H and O–H groups in total. The molecule has 0 aliphatic carbocycles. The summed E-state index contributed by atoms with van der Waals surface area (Å²) in [5.74, 6) is -0.122. The lowest BCUT2D eigenvalue weighted by Crippen LogP contribution is -2.42. The monoisotopic (exact) mass is 267 g/mol.